The average Bonchev–Trinajstić information content (AvgIpc) is 2.75. The molecule has 7 heteroatoms. The van der Waals surface area contributed by atoms with Crippen LogP contribution >= 0.6 is 0 Å². The molecule has 3 aromatic rings. The van der Waals surface area contributed by atoms with Gasteiger partial charge in [-0.3, -0.25) is 9.59 Å². The Kier molecular flexibility index (Phi) is 5.08. The highest BCUT2D eigenvalue weighted by Crippen LogP contribution is 2.19. The molecule has 144 valence electrons. The fourth-order valence-electron chi connectivity index (χ4n) is 3.67. The highest BCUT2D eigenvalue weighted by atomic mass is 16.2. The third kappa shape index (κ3) is 3.61. The van der Waals surface area contributed by atoms with Crippen molar-refractivity contribution in [3.05, 3.63) is 64.6 Å². The van der Waals surface area contributed by atoms with Crippen molar-refractivity contribution in [3.63, 3.8) is 0 Å². The van der Waals surface area contributed by atoms with E-state index >= 15 is 0 Å². The summed E-state index contributed by atoms with van der Waals surface area (Å²) in [6.45, 7) is 7.79. The number of rotatable bonds is 4. The molecule has 1 saturated heterocycles. The zero-order valence-corrected chi connectivity index (χ0v) is 15.9. The fourth-order valence-corrected chi connectivity index (χ4v) is 3.67. The van der Waals surface area contributed by atoms with Crippen LogP contribution in [0.15, 0.2) is 53.3 Å². The topological polar surface area (TPSA) is 82.5 Å². The van der Waals surface area contributed by atoms with Gasteiger partial charge in [0.1, 0.15) is 0 Å². The summed E-state index contributed by atoms with van der Waals surface area (Å²) in [4.78, 5) is 28.6. The number of carbonyl (C=O) groups excluding carboxylic acids is 1. The molecule has 7 nitrogen and oxygen atoms in total. The fraction of sp³-hybridized carbons (Fsp3) is 0.286. The van der Waals surface area contributed by atoms with Gasteiger partial charge < -0.3 is 15.1 Å². The van der Waals surface area contributed by atoms with Crippen molar-refractivity contribution in [3.8, 4) is 0 Å². The first kappa shape index (κ1) is 18.2. The van der Waals surface area contributed by atoms with Gasteiger partial charge in [0.2, 0.25) is 0 Å². The standard InChI is InChI=1S/C21H23N5O2/c1-2-25-11-13-26(14-12-25)16-9-7-15(8-10-16)22-21(28)19-17-5-3-4-6-18(17)20(27)24-23-19/h3-10H,2,11-14H2,1H3,(H,22,28)(H,24,27)/p+1. The van der Waals surface area contributed by atoms with Crippen LogP contribution in [0.3, 0.4) is 0 Å². The van der Waals surface area contributed by atoms with Crippen LogP contribution in [0.25, 0.3) is 10.8 Å². The summed E-state index contributed by atoms with van der Waals surface area (Å²) >= 11 is 0. The molecule has 28 heavy (non-hydrogen) atoms. The lowest BCUT2D eigenvalue weighted by Gasteiger charge is -2.33. The Bertz CT molecular complexity index is 1040. The van der Waals surface area contributed by atoms with E-state index in [1.165, 1.54) is 12.2 Å². The average molecular weight is 378 g/mol. The molecule has 1 amide bonds. The predicted octanol–water partition coefficient (Wildman–Crippen LogP) is 0.900. The van der Waals surface area contributed by atoms with E-state index < -0.39 is 0 Å². The maximum absolute atomic E-state index is 12.7. The largest absolute Gasteiger partial charge is 0.360 e. The molecule has 4 rings (SSSR count). The van der Waals surface area contributed by atoms with Crippen LogP contribution in [0.2, 0.25) is 0 Å². The summed E-state index contributed by atoms with van der Waals surface area (Å²) in [5.41, 5.74) is 1.77. The predicted molar refractivity (Wildman–Crippen MR) is 110 cm³/mol. The van der Waals surface area contributed by atoms with Crippen molar-refractivity contribution in [2.45, 2.75) is 6.92 Å². The lowest BCUT2D eigenvalue weighted by molar-refractivity contribution is -0.898. The number of amides is 1. The third-order valence-corrected chi connectivity index (χ3v) is 5.37. The highest BCUT2D eigenvalue weighted by molar-refractivity contribution is 6.11. The van der Waals surface area contributed by atoms with Crippen molar-refractivity contribution < 1.29 is 9.69 Å². The van der Waals surface area contributed by atoms with Crippen molar-refractivity contribution in [2.75, 3.05) is 42.9 Å². The van der Waals surface area contributed by atoms with E-state index in [4.69, 9.17) is 0 Å². The molecule has 0 aliphatic carbocycles. The highest BCUT2D eigenvalue weighted by Gasteiger charge is 2.19. The first-order chi connectivity index (χ1) is 13.7. The van der Waals surface area contributed by atoms with Crippen molar-refractivity contribution in [1.82, 2.24) is 10.2 Å². The number of anilines is 2. The van der Waals surface area contributed by atoms with Gasteiger partial charge >= 0.3 is 0 Å². The molecule has 1 aromatic heterocycles. The number of nitrogens with zero attached hydrogens (tertiary/aromatic N) is 2. The Hall–Kier alpha value is -3.19. The number of piperazine rings is 1. The van der Waals surface area contributed by atoms with Crippen LogP contribution in [-0.2, 0) is 0 Å². The van der Waals surface area contributed by atoms with Gasteiger partial charge in [0.25, 0.3) is 11.5 Å². The number of nitrogens with one attached hydrogen (secondary N) is 3. The van der Waals surface area contributed by atoms with Gasteiger partial charge in [0, 0.05) is 16.8 Å². The number of benzene rings is 2. The summed E-state index contributed by atoms with van der Waals surface area (Å²) in [5, 5.41) is 10.2. The second kappa shape index (κ2) is 7.82. The molecule has 0 saturated carbocycles. The summed E-state index contributed by atoms with van der Waals surface area (Å²) in [7, 11) is 0. The first-order valence-corrected chi connectivity index (χ1v) is 9.63. The quantitative estimate of drug-likeness (QED) is 0.630. The third-order valence-electron chi connectivity index (χ3n) is 5.37. The molecule has 0 unspecified atom stereocenters. The molecule has 0 spiro atoms. The van der Waals surface area contributed by atoms with E-state index in [0.717, 1.165) is 26.2 Å². The van der Waals surface area contributed by atoms with Gasteiger partial charge in [-0.1, -0.05) is 18.2 Å². The number of fused-ring (bicyclic) bond motifs is 1. The Labute approximate surface area is 163 Å². The van der Waals surface area contributed by atoms with Gasteiger partial charge in [0.15, 0.2) is 5.69 Å². The minimum atomic E-state index is -0.347. The Balaban J connectivity index is 1.49. The van der Waals surface area contributed by atoms with E-state index in [2.05, 4.69) is 27.3 Å². The van der Waals surface area contributed by atoms with Crippen LogP contribution in [0.1, 0.15) is 17.4 Å². The van der Waals surface area contributed by atoms with Gasteiger partial charge in [-0.2, -0.15) is 5.10 Å². The molecule has 0 atom stereocenters. The molecule has 0 radical (unpaired) electrons. The van der Waals surface area contributed by atoms with Crippen molar-refractivity contribution >= 4 is 28.1 Å². The number of H-pyrrole nitrogens is 1. The maximum atomic E-state index is 12.7. The lowest BCUT2D eigenvalue weighted by atomic mass is 10.1. The number of aromatic amines is 1. The molecule has 0 bridgehead atoms. The lowest BCUT2D eigenvalue weighted by Crippen LogP contribution is -3.14. The van der Waals surface area contributed by atoms with Crippen LogP contribution in [0.5, 0.6) is 0 Å². The summed E-state index contributed by atoms with van der Waals surface area (Å²) in [5.74, 6) is -0.347. The van der Waals surface area contributed by atoms with Crippen LogP contribution < -0.4 is 20.7 Å². The molecule has 2 heterocycles. The van der Waals surface area contributed by atoms with Gasteiger partial charge in [-0.25, -0.2) is 5.10 Å². The first-order valence-electron chi connectivity index (χ1n) is 9.63. The summed E-state index contributed by atoms with van der Waals surface area (Å²) in [6, 6.07) is 14.8. The normalized spacial score (nSPS) is 15.0. The Morgan fingerprint density at radius 2 is 1.79 bits per heavy atom. The van der Waals surface area contributed by atoms with Crippen molar-refractivity contribution in [1.29, 1.82) is 0 Å². The molecule has 1 fully saturated rings. The number of aromatic nitrogens is 2. The van der Waals surface area contributed by atoms with Crippen LogP contribution in [0, 0.1) is 0 Å². The molecule has 2 aromatic carbocycles. The number of hydrogen-bond acceptors (Lipinski definition) is 4. The van der Waals surface area contributed by atoms with E-state index in [1.807, 2.05) is 24.3 Å². The number of quaternary nitrogens is 1. The van der Waals surface area contributed by atoms with Crippen molar-refractivity contribution in [2.24, 2.45) is 0 Å². The Morgan fingerprint density at radius 1 is 1.11 bits per heavy atom. The SMILES string of the molecule is CC[NH+]1CCN(c2ccc(NC(=O)c3n[nH]c(=O)c4ccccc34)cc2)CC1. The molecular formula is C21H24N5O2+. The molecular weight excluding hydrogens is 354 g/mol. The van der Waals surface area contributed by atoms with E-state index in [0.29, 0.717) is 16.5 Å². The van der Waals surface area contributed by atoms with E-state index in [9.17, 15) is 9.59 Å². The molecule has 3 N–H and O–H groups in total. The smallest absolute Gasteiger partial charge is 0.276 e. The van der Waals surface area contributed by atoms with Gasteiger partial charge in [-0.15, -0.1) is 0 Å². The number of likely N-dealkylation sites (N-methyl/N-ethyl adjacent to an activating group) is 1. The zero-order chi connectivity index (χ0) is 19.5. The summed E-state index contributed by atoms with van der Waals surface area (Å²) in [6.07, 6.45) is 0. The van der Waals surface area contributed by atoms with Crippen LogP contribution in [-0.4, -0.2) is 48.8 Å². The minimum absolute atomic E-state index is 0.206. The monoisotopic (exact) mass is 378 g/mol. The van der Waals surface area contributed by atoms with Crippen LogP contribution in [0.4, 0.5) is 11.4 Å². The second-order valence-corrected chi connectivity index (χ2v) is 7.04. The van der Waals surface area contributed by atoms with E-state index in [1.54, 1.807) is 29.2 Å². The second-order valence-electron chi connectivity index (χ2n) is 7.04. The minimum Gasteiger partial charge on any atom is -0.360 e. The maximum Gasteiger partial charge on any atom is 0.276 e. The number of hydrogen-bond donors (Lipinski definition) is 3. The number of carbonyl (C=O) groups is 1. The van der Waals surface area contributed by atoms with E-state index in [-0.39, 0.29) is 17.2 Å². The van der Waals surface area contributed by atoms with Gasteiger partial charge in [0.05, 0.1) is 38.1 Å². The molecule has 1 aliphatic rings. The summed E-state index contributed by atoms with van der Waals surface area (Å²) < 4.78 is 0. The van der Waals surface area contributed by atoms with Gasteiger partial charge in [-0.05, 0) is 37.3 Å². The zero-order valence-electron chi connectivity index (χ0n) is 15.9. The molecule has 1 aliphatic heterocycles. The Morgan fingerprint density at radius 3 is 2.46 bits per heavy atom.